The van der Waals surface area contributed by atoms with E-state index in [0.717, 1.165) is 31.0 Å². The number of piperidine rings is 1. The van der Waals surface area contributed by atoms with Gasteiger partial charge in [0.15, 0.2) is 5.82 Å². The van der Waals surface area contributed by atoms with Crippen molar-refractivity contribution in [2.75, 3.05) is 13.1 Å². The van der Waals surface area contributed by atoms with Gasteiger partial charge in [-0.05, 0) is 18.9 Å². The number of hydrogen-bond donors (Lipinski definition) is 0. The normalized spacial score (nSPS) is 17.3. The number of carbonyl (C=O) groups excluding carboxylic acids is 1. The molecule has 27 heavy (non-hydrogen) atoms. The number of aromatic nitrogens is 6. The second-order valence-electron chi connectivity index (χ2n) is 6.75. The Kier molecular flexibility index (Phi) is 4.89. The first-order valence-electron chi connectivity index (χ1n) is 8.85. The summed E-state index contributed by atoms with van der Waals surface area (Å²) in [5, 5.41) is 9.21. The quantitative estimate of drug-likeness (QED) is 0.687. The molecule has 1 aliphatic heterocycles. The van der Waals surface area contributed by atoms with Crippen LogP contribution in [0.3, 0.4) is 0 Å². The number of imidazole rings is 1. The molecule has 0 saturated carbocycles. The summed E-state index contributed by atoms with van der Waals surface area (Å²) in [6, 6.07) is 1.66. The van der Waals surface area contributed by atoms with Gasteiger partial charge in [-0.15, -0.1) is 10.2 Å². The van der Waals surface area contributed by atoms with Gasteiger partial charge >= 0.3 is 0 Å². The molecule has 9 heteroatoms. The Balaban J connectivity index is 1.50. The molecule has 1 aliphatic rings. The number of amides is 1. The lowest BCUT2D eigenvalue weighted by molar-refractivity contribution is 0.0703. The third-order valence-electron chi connectivity index (χ3n) is 4.91. The van der Waals surface area contributed by atoms with Crippen molar-refractivity contribution in [1.82, 2.24) is 34.2 Å². The van der Waals surface area contributed by atoms with Crippen LogP contribution in [0.2, 0.25) is 5.02 Å². The van der Waals surface area contributed by atoms with Crippen molar-refractivity contribution in [3.05, 3.63) is 59.4 Å². The van der Waals surface area contributed by atoms with E-state index in [9.17, 15) is 4.79 Å². The second-order valence-corrected chi connectivity index (χ2v) is 7.19. The number of nitrogens with zero attached hydrogens (tertiary/aromatic N) is 7. The topological polar surface area (TPSA) is 81.7 Å². The van der Waals surface area contributed by atoms with E-state index >= 15 is 0 Å². The fourth-order valence-electron chi connectivity index (χ4n) is 3.50. The molecule has 0 radical (unpaired) electrons. The van der Waals surface area contributed by atoms with Crippen LogP contribution in [0.5, 0.6) is 0 Å². The SMILES string of the molecule is Cn1c(Cn2ccnc2)nnc1[C@H]1CCCN(C(=O)c2cncc(Cl)c2)C1. The molecule has 4 heterocycles. The average Bonchev–Trinajstić information content (AvgIpc) is 3.32. The van der Waals surface area contributed by atoms with Gasteiger partial charge < -0.3 is 14.0 Å². The van der Waals surface area contributed by atoms with Gasteiger partial charge in [0.05, 0.1) is 23.5 Å². The Bertz CT molecular complexity index is 937. The van der Waals surface area contributed by atoms with Crippen molar-refractivity contribution in [3.63, 3.8) is 0 Å². The Labute approximate surface area is 161 Å². The van der Waals surface area contributed by atoms with Gasteiger partial charge in [0, 0.05) is 50.8 Å². The van der Waals surface area contributed by atoms with E-state index in [2.05, 4.69) is 20.2 Å². The van der Waals surface area contributed by atoms with Gasteiger partial charge in [-0.1, -0.05) is 11.6 Å². The number of carbonyl (C=O) groups is 1. The van der Waals surface area contributed by atoms with Crippen LogP contribution in [-0.2, 0) is 13.6 Å². The highest BCUT2D eigenvalue weighted by molar-refractivity contribution is 6.30. The minimum atomic E-state index is -0.0458. The van der Waals surface area contributed by atoms with E-state index in [-0.39, 0.29) is 11.8 Å². The maximum Gasteiger partial charge on any atom is 0.255 e. The molecule has 4 rings (SSSR count). The number of likely N-dealkylation sites (tertiary alicyclic amines) is 1. The molecule has 0 unspecified atom stereocenters. The first-order valence-corrected chi connectivity index (χ1v) is 9.23. The van der Waals surface area contributed by atoms with Crippen LogP contribution in [-0.4, -0.2) is 53.2 Å². The zero-order valence-corrected chi connectivity index (χ0v) is 15.7. The molecule has 0 aromatic carbocycles. The van der Waals surface area contributed by atoms with E-state index in [0.29, 0.717) is 23.7 Å². The molecule has 1 atom stereocenters. The van der Waals surface area contributed by atoms with E-state index < -0.39 is 0 Å². The molecule has 0 spiro atoms. The summed E-state index contributed by atoms with van der Waals surface area (Å²) >= 11 is 5.97. The predicted molar refractivity (Wildman–Crippen MR) is 99.5 cm³/mol. The Hall–Kier alpha value is -2.74. The van der Waals surface area contributed by atoms with Crippen molar-refractivity contribution in [2.24, 2.45) is 7.05 Å². The van der Waals surface area contributed by atoms with Crippen LogP contribution in [0.1, 0.15) is 40.8 Å². The van der Waals surface area contributed by atoms with E-state index in [1.807, 2.05) is 27.3 Å². The van der Waals surface area contributed by atoms with Crippen LogP contribution < -0.4 is 0 Å². The molecule has 0 aliphatic carbocycles. The summed E-state index contributed by atoms with van der Waals surface area (Å²) in [6.45, 7) is 1.96. The minimum Gasteiger partial charge on any atom is -0.338 e. The van der Waals surface area contributed by atoms with Crippen LogP contribution in [0.4, 0.5) is 0 Å². The Morgan fingerprint density at radius 2 is 2.19 bits per heavy atom. The van der Waals surface area contributed by atoms with Gasteiger partial charge in [-0.25, -0.2) is 4.98 Å². The second kappa shape index (κ2) is 7.48. The van der Waals surface area contributed by atoms with Crippen LogP contribution in [0.25, 0.3) is 0 Å². The first-order chi connectivity index (χ1) is 13.1. The highest BCUT2D eigenvalue weighted by Crippen LogP contribution is 2.27. The fourth-order valence-corrected chi connectivity index (χ4v) is 3.67. The molecule has 3 aromatic rings. The van der Waals surface area contributed by atoms with Crippen LogP contribution in [0.15, 0.2) is 37.2 Å². The van der Waals surface area contributed by atoms with Gasteiger partial charge in [0.2, 0.25) is 0 Å². The van der Waals surface area contributed by atoms with E-state index in [1.165, 1.54) is 6.20 Å². The highest BCUT2D eigenvalue weighted by atomic mass is 35.5. The molecule has 140 valence electrons. The van der Waals surface area contributed by atoms with Gasteiger partial charge in [0.1, 0.15) is 5.82 Å². The van der Waals surface area contributed by atoms with E-state index in [4.69, 9.17) is 11.6 Å². The maximum absolute atomic E-state index is 12.8. The smallest absolute Gasteiger partial charge is 0.255 e. The molecule has 1 saturated heterocycles. The van der Waals surface area contributed by atoms with E-state index in [1.54, 1.807) is 24.8 Å². The first kappa shape index (κ1) is 17.7. The third kappa shape index (κ3) is 3.71. The van der Waals surface area contributed by atoms with Crippen LogP contribution >= 0.6 is 11.6 Å². The Morgan fingerprint density at radius 1 is 1.30 bits per heavy atom. The molecule has 0 N–H and O–H groups in total. The summed E-state index contributed by atoms with van der Waals surface area (Å²) in [7, 11) is 1.98. The van der Waals surface area contributed by atoms with Crippen molar-refractivity contribution in [2.45, 2.75) is 25.3 Å². The average molecular weight is 386 g/mol. The number of hydrogen-bond acceptors (Lipinski definition) is 5. The van der Waals surface area contributed by atoms with Crippen molar-refractivity contribution < 1.29 is 4.79 Å². The van der Waals surface area contributed by atoms with Crippen molar-refractivity contribution in [3.8, 4) is 0 Å². The minimum absolute atomic E-state index is 0.0458. The Morgan fingerprint density at radius 3 is 2.96 bits per heavy atom. The lowest BCUT2D eigenvalue weighted by Crippen LogP contribution is -2.39. The summed E-state index contributed by atoms with van der Waals surface area (Å²) in [5.74, 6) is 1.89. The number of rotatable bonds is 4. The van der Waals surface area contributed by atoms with Crippen molar-refractivity contribution in [1.29, 1.82) is 0 Å². The zero-order valence-electron chi connectivity index (χ0n) is 15.0. The fraction of sp³-hybridized carbons (Fsp3) is 0.389. The lowest BCUT2D eigenvalue weighted by Gasteiger charge is -2.32. The molecule has 8 nitrogen and oxygen atoms in total. The highest BCUT2D eigenvalue weighted by Gasteiger charge is 2.29. The monoisotopic (exact) mass is 385 g/mol. The molecule has 1 amide bonds. The molecular weight excluding hydrogens is 366 g/mol. The van der Waals surface area contributed by atoms with Gasteiger partial charge in [-0.2, -0.15) is 0 Å². The third-order valence-corrected chi connectivity index (χ3v) is 5.11. The summed E-state index contributed by atoms with van der Waals surface area (Å²) < 4.78 is 3.98. The maximum atomic E-state index is 12.8. The van der Waals surface area contributed by atoms with Crippen molar-refractivity contribution >= 4 is 17.5 Å². The molecule has 1 fully saturated rings. The largest absolute Gasteiger partial charge is 0.338 e. The zero-order chi connectivity index (χ0) is 18.8. The molecular formula is C18H20ClN7O. The summed E-state index contributed by atoms with van der Waals surface area (Å²) in [6.07, 6.45) is 10.4. The van der Waals surface area contributed by atoms with Crippen LogP contribution in [0, 0.1) is 0 Å². The number of pyridine rings is 1. The standard InChI is InChI=1S/C18H20ClN7O/c1-24-16(11-25-6-4-20-12-25)22-23-17(24)13-3-2-5-26(10-13)18(27)14-7-15(19)9-21-8-14/h4,6-9,12-13H,2-3,5,10-11H2,1H3/t13-/m0/s1. The summed E-state index contributed by atoms with van der Waals surface area (Å²) in [4.78, 5) is 22.7. The lowest BCUT2D eigenvalue weighted by atomic mass is 9.96. The number of halogens is 1. The van der Waals surface area contributed by atoms with Gasteiger partial charge in [0.25, 0.3) is 5.91 Å². The molecule has 3 aromatic heterocycles. The summed E-state index contributed by atoms with van der Waals surface area (Å²) in [5.41, 5.74) is 0.516. The predicted octanol–water partition coefficient (Wildman–Crippen LogP) is 2.13. The molecule has 0 bridgehead atoms. The van der Waals surface area contributed by atoms with Gasteiger partial charge in [-0.3, -0.25) is 9.78 Å².